The molecule has 0 spiro atoms. The molecule has 3 aromatic rings. The molecule has 0 amide bonds. The highest BCUT2D eigenvalue weighted by Crippen LogP contribution is 2.23. The molecule has 0 aliphatic carbocycles. The largest absolute Gasteiger partial charge is 0.391 e. The average Bonchev–Trinajstić information content (AvgIpc) is 2.96. The molecular formula is C17H14F3N3O. The van der Waals surface area contributed by atoms with E-state index in [0.717, 1.165) is 10.1 Å². The second-order valence-corrected chi connectivity index (χ2v) is 5.15. The zero-order chi connectivity index (χ0) is 17.1. The molecule has 7 heteroatoms. The molecule has 0 bridgehead atoms. The number of aromatic nitrogens is 2. The Bertz CT molecular complexity index is 872. The first-order valence-electron chi connectivity index (χ1n) is 7.23. The minimum atomic E-state index is -2.74. The van der Waals surface area contributed by atoms with Crippen LogP contribution in [0, 0.1) is 5.82 Å². The van der Waals surface area contributed by atoms with E-state index in [4.69, 9.17) is 4.84 Å². The van der Waals surface area contributed by atoms with Crippen LogP contribution in [0.1, 0.15) is 24.9 Å². The van der Waals surface area contributed by atoms with Gasteiger partial charge in [-0.2, -0.15) is 8.78 Å². The molecule has 0 atom stereocenters. The normalized spacial score (nSPS) is 12.1. The summed E-state index contributed by atoms with van der Waals surface area (Å²) < 4.78 is 40.4. The number of nitrogens with zero attached hydrogens (tertiary/aromatic N) is 3. The first-order chi connectivity index (χ1) is 11.6. The van der Waals surface area contributed by atoms with Gasteiger partial charge in [0.2, 0.25) is 0 Å². The highest BCUT2D eigenvalue weighted by molar-refractivity contribution is 5.98. The third kappa shape index (κ3) is 3.24. The van der Waals surface area contributed by atoms with Gasteiger partial charge in [0.15, 0.2) is 5.82 Å². The van der Waals surface area contributed by atoms with Crippen molar-refractivity contribution in [3.63, 3.8) is 0 Å². The van der Waals surface area contributed by atoms with E-state index in [1.807, 2.05) is 0 Å². The topological polar surface area (TPSA) is 39.4 Å². The van der Waals surface area contributed by atoms with Crippen LogP contribution >= 0.6 is 0 Å². The maximum Gasteiger partial charge on any atom is 0.320 e. The van der Waals surface area contributed by atoms with Crippen LogP contribution in [-0.4, -0.2) is 15.3 Å². The lowest BCUT2D eigenvalue weighted by Gasteiger charge is -2.07. The van der Waals surface area contributed by atoms with Crippen LogP contribution in [0.15, 0.2) is 53.7 Å². The van der Waals surface area contributed by atoms with Gasteiger partial charge in [-0.1, -0.05) is 29.4 Å². The van der Waals surface area contributed by atoms with Gasteiger partial charge in [-0.3, -0.25) is 4.57 Å². The van der Waals surface area contributed by atoms with E-state index in [2.05, 4.69) is 10.1 Å². The molecule has 24 heavy (non-hydrogen) atoms. The van der Waals surface area contributed by atoms with E-state index in [9.17, 15) is 13.2 Å². The summed E-state index contributed by atoms with van der Waals surface area (Å²) in [5.74, 6) is -0.297. The number of hydrogen-bond acceptors (Lipinski definition) is 3. The van der Waals surface area contributed by atoms with Crippen LogP contribution in [0.2, 0.25) is 0 Å². The van der Waals surface area contributed by atoms with Gasteiger partial charge < -0.3 is 4.84 Å². The van der Waals surface area contributed by atoms with Gasteiger partial charge in [0, 0.05) is 0 Å². The summed E-state index contributed by atoms with van der Waals surface area (Å²) >= 11 is 0. The van der Waals surface area contributed by atoms with Gasteiger partial charge >= 0.3 is 6.55 Å². The van der Waals surface area contributed by atoms with Crippen LogP contribution in [0.25, 0.3) is 11.0 Å². The lowest BCUT2D eigenvalue weighted by molar-refractivity contribution is 0.0736. The third-order valence-corrected chi connectivity index (χ3v) is 3.46. The summed E-state index contributed by atoms with van der Waals surface area (Å²) in [7, 11) is 0. The SMILES string of the molecule is CC(=NOCc1ccc(F)cc1)c1nc2ccccc2n1C(F)F. The predicted octanol–water partition coefficient (Wildman–Crippen LogP) is 4.51. The molecule has 0 saturated heterocycles. The van der Waals surface area contributed by atoms with Crippen molar-refractivity contribution >= 4 is 16.7 Å². The molecule has 0 N–H and O–H groups in total. The lowest BCUT2D eigenvalue weighted by atomic mass is 10.2. The zero-order valence-electron chi connectivity index (χ0n) is 12.8. The van der Waals surface area contributed by atoms with Crippen LogP contribution < -0.4 is 0 Å². The molecule has 1 aromatic heterocycles. The van der Waals surface area contributed by atoms with Crippen molar-refractivity contribution in [1.29, 1.82) is 0 Å². The number of halogens is 3. The number of hydrogen-bond donors (Lipinski definition) is 0. The van der Waals surface area contributed by atoms with Crippen LogP contribution in [-0.2, 0) is 11.4 Å². The van der Waals surface area contributed by atoms with Gasteiger partial charge in [0.25, 0.3) is 0 Å². The number of benzene rings is 2. The number of fused-ring (bicyclic) bond motifs is 1. The fraction of sp³-hybridized carbons (Fsp3) is 0.176. The number of oxime groups is 1. The van der Waals surface area contributed by atoms with Gasteiger partial charge in [-0.15, -0.1) is 0 Å². The Hall–Kier alpha value is -2.83. The molecule has 0 aliphatic rings. The first-order valence-corrected chi connectivity index (χ1v) is 7.23. The van der Waals surface area contributed by atoms with Crippen molar-refractivity contribution in [2.45, 2.75) is 20.1 Å². The van der Waals surface area contributed by atoms with Gasteiger partial charge in [-0.25, -0.2) is 9.37 Å². The Labute approximate surface area is 136 Å². The van der Waals surface area contributed by atoms with Crippen LogP contribution in [0.5, 0.6) is 0 Å². The maximum atomic E-state index is 13.4. The summed E-state index contributed by atoms with van der Waals surface area (Å²) in [6.07, 6.45) is 0. The van der Waals surface area contributed by atoms with E-state index >= 15 is 0 Å². The van der Waals surface area contributed by atoms with Crippen molar-refractivity contribution in [2.75, 3.05) is 0 Å². The average molecular weight is 333 g/mol. The highest BCUT2D eigenvalue weighted by atomic mass is 19.3. The molecule has 0 unspecified atom stereocenters. The number of imidazole rings is 1. The Kier molecular flexibility index (Phi) is 4.50. The highest BCUT2D eigenvalue weighted by Gasteiger charge is 2.19. The van der Waals surface area contributed by atoms with Gasteiger partial charge in [0.05, 0.1) is 11.0 Å². The second-order valence-electron chi connectivity index (χ2n) is 5.15. The summed E-state index contributed by atoms with van der Waals surface area (Å²) in [5, 5.41) is 3.86. The quantitative estimate of drug-likeness (QED) is 0.509. The predicted molar refractivity (Wildman–Crippen MR) is 84.4 cm³/mol. The van der Waals surface area contributed by atoms with Crippen molar-refractivity contribution in [3.05, 3.63) is 65.7 Å². The van der Waals surface area contributed by atoms with Crippen LogP contribution in [0.3, 0.4) is 0 Å². The standard InChI is InChI=1S/C17H14F3N3O/c1-11(22-24-10-12-6-8-13(18)9-7-12)16-21-14-4-2-3-5-15(14)23(16)17(19)20/h2-9,17H,10H2,1H3. The molecule has 3 rings (SSSR count). The number of para-hydroxylation sites is 2. The molecule has 2 aromatic carbocycles. The molecular weight excluding hydrogens is 319 g/mol. The van der Waals surface area contributed by atoms with Crippen LogP contribution in [0.4, 0.5) is 13.2 Å². The second kappa shape index (κ2) is 6.74. The third-order valence-electron chi connectivity index (χ3n) is 3.46. The summed E-state index contributed by atoms with van der Waals surface area (Å²) in [6.45, 7) is -1.09. The first kappa shape index (κ1) is 16.0. The molecule has 0 saturated carbocycles. The van der Waals surface area contributed by atoms with Crippen molar-refractivity contribution < 1.29 is 18.0 Å². The van der Waals surface area contributed by atoms with E-state index in [-0.39, 0.29) is 24.0 Å². The van der Waals surface area contributed by atoms with Crippen molar-refractivity contribution in [2.24, 2.45) is 5.16 Å². The van der Waals surface area contributed by atoms with E-state index in [1.54, 1.807) is 43.3 Å². The summed E-state index contributed by atoms with van der Waals surface area (Å²) in [5.41, 5.74) is 1.74. The Morgan fingerprint density at radius 2 is 1.88 bits per heavy atom. The van der Waals surface area contributed by atoms with Crippen molar-refractivity contribution in [3.8, 4) is 0 Å². The fourth-order valence-electron chi connectivity index (χ4n) is 2.32. The Morgan fingerprint density at radius 3 is 2.58 bits per heavy atom. The summed E-state index contributed by atoms with van der Waals surface area (Å²) in [4.78, 5) is 9.37. The van der Waals surface area contributed by atoms with Gasteiger partial charge in [-0.05, 0) is 36.8 Å². The lowest BCUT2D eigenvalue weighted by Crippen LogP contribution is -2.10. The molecule has 0 fully saturated rings. The smallest absolute Gasteiger partial charge is 0.320 e. The summed E-state index contributed by atoms with van der Waals surface area (Å²) in [6, 6.07) is 12.4. The number of rotatable bonds is 5. The minimum absolute atomic E-state index is 0.0466. The Balaban J connectivity index is 1.83. The van der Waals surface area contributed by atoms with E-state index in [1.165, 1.54) is 12.1 Å². The van der Waals surface area contributed by atoms with E-state index in [0.29, 0.717) is 11.0 Å². The zero-order valence-corrected chi connectivity index (χ0v) is 12.8. The van der Waals surface area contributed by atoms with Gasteiger partial charge in [0.1, 0.15) is 18.1 Å². The molecule has 1 heterocycles. The maximum absolute atomic E-state index is 13.4. The monoisotopic (exact) mass is 333 g/mol. The van der Waals surface area contributed by atoms with E-state index < -0.39 is 6.55 Å². The molecule has 4 nitrogen and oxygen atoms in total. The van der Waals surface area contributed by atoms with Crippen molar-refractivity contribution in [1.82, 2.24) is 9.55 Å². The molecule has 0 aliphatic heterocycles. The molecule has 0 radical (unpaired) electrons. The fourth-order valence-corrected chi connectivity index (χ4v) is 2.32. The molecule has 124 valence electrons. The minimum Gasteiger partial charge on any atom is -0.391 e. The number of alkyl halides is 2. The Morgan fingerprint density at radius 1 is 1.17 bits per heavy atom.